The number of rotatable bonds is 12. The van der Waals surface area contributed by atoms with Crippen LogP contribution >= 0.6 is 9.24 Å². The average molecular weight is 242 g/mol. The number of hydrogen-bond acceptors (Lipinski definition) is 0. The lowest BCUT2D eigenvalue weighted by atomic mass is 10.1. The molecule has 0 fully saturated rings. The van der Waals surface area contributed by atoms with Crippen LogP contribution in [-0.2, 0) is 0 Å². The smallest absolute Gasteiger partial charge is 0.0347 e. The van der Waals surface area contributed by atoms with Crippen molar-refractivity contribution in [1.82, 2.24) is 0 Å². The summed E-state index contributed by atoms with van der Waals surface area (Å²) in [6.07, 6.45) is 19.3. The molecule has 96 valence electrons. The van der Waals surface area contributed by atoms with E-state index in [-0.39, 0.29) is 0 Å². The lowest BCUT2D eigenvalue weighted by molar-refractivity contribution is 0.550. The summed E-state index contributed by atoms with van der Waals surface area (Å²) in [5, 5.41) is 0. The third kappa shape index (κ3) is 14.2. The molecule has 0 aromatic heterocycles. The van der Waals surface area contributed by atoms with Gasteiger partial charge in [-0.2, -0.15) is 0 Å². The molecule has 0 spiro atoms. The van der Waals surface area contributed by atoms with Gasteiger partial charge in [-0.25, -0.2) is 0 Å². The summed E-state index contributed by atoms with van der Waals surface area (Å²) in [4.78, 5) is 0. The molecule has 0 amide bonds. The van der Waals surface area contributed by atoms with Crippen LogP contribution in [0.5, 0.6) is 0 Å². The molecule has 0 rings (SSSR count). The predicted molar refractivity (Wildman–Crippen MR) is 79.9 cm³/mol. The van der Waals surface area contributed by atoms with Gasteiger partial charge >= 0.3 is 0 Å². The van der Waals surface area contributed by atoms with Gasteiger partial charge in [0.05, 0.1) is 0 Å². The number of unbranched alkanes of at least 4 members (excludes halogenated alkanes) is 11. The zero-order valence-corrected chi connectivity index (χ0v) is 12.4. The van der Waals surface area contributed by atoms with Crippen LogP contribution in [-0.4, -0.2) is 0 Å². The molecular weight excluding hydrogens is 211 g/mol. The summed E-state index contributed by atoms with van der Waals surface area (Å²) in [6, 6.07) is 0. The van der Waals surface area contributed by atoms with Crippen LogP contribution in [0.3, 0.4) is 0 Å². The van der Waals surface area contributed by atoms with Gasteiger partial charge < -0.3 is 0 Å². The Kier molecular flexibility index (Phi) is 15.3. The summed E-state index contributed by atoms with van der Waals surface area (Å²) in [7, 11) is 2.64. The average Bonchev–Trinajstić information content (AvgIpc) is 2.31. The summed E-state index contributed by atoms with van der Waals surface area (Å²) in [5.41, 5.74) is 0. The molecule has 0 aromatic carbocycles. The molecule has 1 heteroatoms. The van der Waals surface area contributed by atoms with Crippen molar-refractivity contribution < 1.29 is 0 Å². The molecule has 0 radical (unpaired) electrons. The van der Waals surface area contributed by atoms with E-state index in [0.717, 1.165) is 0 Å². The van der Waals surface area contributed by atoms with Crippen molar-refractivity contribution in [3.8, 4) is 0 Å². The zero-order valence-electron chi connectivity index (χ0n) is 11.2. The third-order valence-electron chi connectivity index (χ3n) is 3.11. The molecule has 0 N–H and O–H groups in total. The van der Waals surface area contributed by atoms with Gasteiger partial charge in [-0.15, -0.1) is 9.24 Å². The lowest BCUT2D eigenvalue weighted by Crippen LogP contribution is -1.81. The molecule has 0 bridgehead atoms. The highest BCUT2D eigenvalue weighted by Gasteiger charge is 1.92. The monoisotopic (exact) mass is 242 g/mol. The first-order chi connectivity index (χ1) is 7.91. The minimum atomic E-state index is 1.26. The molecule has 0 saturated heterocycles. The molecule has 0 heterocycles. The van der Waals surface area contributed by atoms with Crippen molar-refractivity contribution in [1.29, 1.82) is 0 Å². The van der Waals surface area contributed by atoms with E-state index in [4.69, 9.17) is 0 Å². The van der Waals surface area contributed by atoms with Crippen LogP contribution in [0.1, 0.15) is 84.0 Å². The Bertz CT molecular complexity index is 140. The lowest BCUT2D eigenvalue weighted by Gasteiger charge is -2.01. The molecule has 0 aromatic rings. The molecule has 0 saturated carbocycles. The Labute approximate surface area is 105 Å². The van der Waals surface area contributed by atoms with E-state index in [0.29, 0.717) is 0 Å². The molecule has 0 aliphatic heterocycles. The second-order valence-corrected chi connectivity index (χ2v) is 5.14. The maximum atomic E-state index is 2.64. The fraction of sp³-hybridized carbons (Fsp3) is 0.867. The highest BCUT2D eigenvalue weighted by atomic mass is 31.0. The van der Waals surface area contributed by atoms with E-state index >= 15 is 0 Å². The van der Waals surface area contributed by atoms with E-state index in [1.807, 2.05) is 0 Å². The zero-order chi connectivity index (χ0) is 11.9. The summed E-state index contributed by atoms with van der Waals surface area (Å²) >= 11 is 0. The Balaban J connectivity index is 2.88. The predicted octanol–water partition coefficient (Wildman–Crippen LogP) is 6.08. The topological polar surface area (TPSA) is 0 Å². The fourth-order valence-electron chi connectivity index (χ4n) is 2.02. The Morgan fingerprint density at radius 3 is 1.56 bits per heavy atom. The molecule has 0 nitrogen and oxygen atoms in total. The molecule has 0 aliphatic carbocycles. The quantitative estimate of drug-likeness (QED) is 0.287. The highest BCUT2D eigenvalue weighted by Crippen LogP contribution is 2.12. The van der Waals surface area contributed by atoms with Gasteiger partial charge in [0.1, 0.15) is 0 Å². The molecule has 1 atom stereocenters. The van der Waals surface area contributed by atoms with Crippen molar-refractivity contribution in [3.63, 3.8) is 0 Å². The van der Waals surface area contributed by atoms with Gasteiger partial charge in [0.2, 0.25) is 0 Å². The third-order valence-corrected chi connectivity index (χ3v) is 3.38. The van der Waals surface area contributed by atoms with Crippen molar-refractivity contribution >= 4 is 9.24 Å². The normalized spacial score (nSPS) is 11.4. The van der Waals surface area contributed by atoms with Crippen molar-refractivity contribution in [2.24, 2.45) is 0 Å². The van der Waals surface area contributed by atoms with Crippen molar-refractivity contribution in [3.05, 3.63) is 11.9 Å². The molecule has 0 aliphatic rings. The Hall–Kier alpha value is 0.170. The van der Waals surface area contributed by atoms with E-state index in [1.165, 1.54) is 77.0 Å². The standard InChI is InChI=1S/C15H31P/c1-2-3-4-5-6-7-8-9-10-11-12-13-14-15-16/h14-15H,2-13,16H2,1H3. The minimum Gasteiger partial charge on any atom is -0.114 e. The fourth-order valence-corrected chi connectivity index (χ4v) is 2.22. The second-order valence-electron chi connectivity index (χ2n) is 4.75. The van der Waals surface area contributed by atoms with Crippen molar-refractivity contribution in [2.75, 3.05) is 0 Å². The van der Waals surface area contributed by atoms with Gasteiger partial charge in [0.25, 0.3) is 0 Å². The maximum Gasteiger partial charge on any atom is -0.0347 e. The maximum absolute atomic E-state index is 2.64. The SMILES string of the molecule is CCCCCCCCCCCCCC=CP. The number of hydrogen-bond donors (Lipinski definition) is 0. The minimum absolute atomic E-state index is 1.26. The van der Waals surface area contributed by atoms with E-state index < -0.39 is 0 Å². The van der Waals surface area contributed by atoms with Gasteiger partial charge in [-0.1, -0.05) is 83.0 Å². The largest absolute Gasteiger partial charge is 0.114 e. The van der Waals surface area contributed by atoms with Crippen LogP contribution in [0.15, 0.2) is 11.9 Å². The second kappa shape index (κ2) is 15.2. The number of allylic oxidation sites excluding steroid dienone is 1. The van der Waals surface area contributed by atoms with Crippen molar-refractivity contribution in [2.45, 2.75) is 84.0 Å². The summed E-state index contributed by atoms with van der Waals surface area (Å²) in [5.74, 6) is 2.08. The van der Waals surface area contributed by atoms with Crippen LogP contribution in [0.4, 0.5) is 0 Å². The van der Waals surface area contributed by atoms with Gasteiger partial charge in [-0.05, 0) is 12.8 Å². The van der Waals surface area contributed by atoms with Gasteiger partial charge in [0, 0.05) is 0 Å². The Morgan fingerprint density at radius 2 is 1.12 bits per heavy atom. The van der Waals surface area contributed by atoms with Crippen LogP contribution in [0.2, 0.25) is 0 Å². The summed E-state index contributed by atoms with van der Waals surface area (Å²) < 4.78 is 0. The Morgan fingerprint density at radius 1 is 0.688 bits per heavy atom. The first-order valence-electron chi connectivity index (χ1n) is 7.28. The molecule has 1 unspecified atom stereocenters. The highest BCUT2D eigenvalue weighted by molar-refractivity contribution is 7.20. The van der Waals surface area contributed by atoms with E-state index in [9.17, 15) is 0 Å². The van der Waals surface area contributed by atoms with E-state index in [2.05, 4.69) is 28.1 Å². The van der Waals surface area contributed by atoms with Crippen LogP contribution in [0, 0.1) is 0 Å². The van der Waals surface area contributed by atoms with E-state index in [1.54, 1.807) is 0 Å². The molecular formula is C15H31P. The first kappa shape index (κ1) is 16.2. The van der Waals surface area contributed by atoms with Crippen LogP contribution in [0.25, 0.3) is 0 Å². The summed E-state index contributed by atoms with van der Waals surface area (Å²) in [6.45, 7) is 2.28. The van der Waals surface area contributed by atoms with Gasteiger partial charge in [0.15, 0.2) is 0 Å². The van der Waals surface area contributed by atoms with Gasteiger partial charge in [-0.3, -0.25) is 0 Å². The molecule has 16 heavy (non-hydrogen) atoms. The van der Waals surface area contributed by atoms with Crippen LogP contribution < -0.4 is 0 Å². The first-order valence-corrected chi connectivity index (χ1v) is 7.95.